The largest absolute Gasteiger partial charge is 0.384 e. The summed E-state index contributed by atoms with van der Waals surface area (Å²) >= 11 is 0. The maximum absolute atomic E-state index is 12.3. The highest BCUT2D eigenvalue weighted by atomic mass is 16.2. The normalized spacial score (nSPS) is 24.3. The average molecular weight is 285 g/mol. The molecule has 0 bridgehead atoms. The van der Waals surface area contributed by atoms with Crippen molar-refractivity contribution in [2.24, 2.45) is 11.8 Å². The fraction of sp³-hybridized carbons (Fsp3) is 0.500. The van der Waals surface area contributed by atoms with Gasteiger partial charge in [-0.15, -0.1) is 0 Å². The van der Waals surface area contributed by atoms with Crippen LogP contribution in [0, 0.1) is 30.6 Å². The van der Waals surface area contributed by atoms with Crippen molar-refractivity contribution in [3.8, 4) is 11.8 Å². The van der Waals surface area contributed by atoms with Crippen molar-refractivity contribution in [1.29, 1.82) is 0 Å². The minimum atomic E-state index is -0.153. The number of aliphatic hydroxyl groups excluding tert-OH is 1. The van der Waals surface area contributed by atoms with Crippen LogP contribution in [0.2, 0.25) is 0 Å². The summed E-state index contributed by atoms with van der Waals surface area (Å²) in [5.74, 6) is 6.71. The van der Waals surface area contributed by atoms with Gasteiger partial charge in [-0.2, -0.15) is 0 Å². The quantitative estimate of drug-likeness (QED) is 0.820. The molecule has 3 unspecified atom stereocenters. The standard InChI is InChI=1S/C18H23NO2/c1-12-6-9-17(14(12)3)19-18(21)16-8-7-15(5-4-10-20)13(2)11-16/h7-8,11-12,14,17,20H,6,9-10H2,1-3H3,(H,19,21). The third-order valence-corrected chi connectivity index (χ3v) is 4.57. The van der Waals surface area contributed by atoms with Gasteiger partial charge in [-0.05, 0) is 55.4 Å². The molecule has 0 radical (unpaired) electrons. The van der Waals surface area contributed by atoms with Gasteiger partial charge in [-0.1, -0.05) is 25.7 Å². The third kappa shape index (κ3) is 3.65. The number of aliphatic hydroxyl groups is 1. The van der Waals surface area contributed by atoms with Crippen LogP contribution < -0.4 is 5.32 Å². The molecule has 0 aromatic heterocycles. The molecule has 2 rings (SSSR count). The molecule has 1 aliphatic rings. The van der Waals surface area contributed by atoms with Crippen LogP contribution in [0.3, 0.4) is 0 Å². The maximum Gasteiger partial charge on any atom is 0.251 e. The SMILES string of the molecule is Cc1cc(C(=O)NC2CCC(C)C2C)ccc1C#CCO. The molecule has 3 nitrogen and oxygen atoms in total. The van der Waals surface area contributed by atoms with Crippen molar-refractivity contribution in [2.75, 3.05) is 6.61 Å². The summed E-state index contributed by atoms with van der Waals surface area (Å²) < 4.78 is 0. The number of benzene rings is 1. The zero-order valence-electron chi connectivity index (χ0n) is 12.9. The van der Waals surface area contributed by atoms with E-state index in [2.05, 4.69) is 31.0 Å². The predicted molar refractivity (Wildman–Crippen MR) is 84.0 cm³/mol. The summed E-state index contributed by atoms with van der Waals surface area (Å²) in [6.45, 7) is 6.23. The molecule has 2 N–H and O–H groups in total. The van der Waals surface area contributed by atoms with Crippen LogP contribution in [0.15, 0.2) is 18.2 Å². The molecule has 1 aliphatic carbocycles. The zero-order chi connectivity index (χ0) is 15.4. The first-order chi connectivity index (χ1) is 10.0. The van der Waals surface area contributed by atoms with E-state index in [4.69, 9.17) is 5.11 Å². The van der Waals surface area contributed by atoms with Gasteiger partial charge in [0.05, 0.1) is 0 Å². The van der Waals surface area contributed by atoms with Crippen LogP contribution in [0.1, 0.15) is 48.2 Å². The van der Waals surface area contributed by atoms with E-state index in [9.17, 15) is 4.79 Å². The molecule has 112 valence electrons. The van der Waals surface area contributed by atoms with Crippen molar-refractivity contribution < 1.29 is 9.90 Å². The van der Waals surface area contributed by atoms with E-state index in [1.54, 1.807) is 6.07 Å². The fourth-order valence-electron chi connectivity index (χ4n) is 2.90. The van der Waals surface area contributed by atoms with E-state index in [0.29, 0.717) is 17.4 Å². The summed E-state index contributed by atoms with van der Waals surface area (Å²) in [5.41, 5.74) is 2.48. The molecule has 0 spiro atoms. The summed E-state index contributed by atoms with van der Waals surface area (Å²) in [5, 5.41) is 11.9. The van der Waals surface area contributed by atoms with E-state index < -0.39 is 0 Å². The molecule has 1 aromatic rings. The maximum atomic E-state index is 12.3. The number of amides is 1. The van der Waals surface area contributed by atoms with Crippen LogP contribution in [0.25, 0.3) is 0 Å². The van der Waals surface area contributed by atoms with E-state index in [1.807, 2.05) is 19.1 Å². The number of aryl methyl sites for hydroxylation is 1. The number of carbonyl (C=O) groups is 1. The number of rotatable bonds is 2. The Morgan fingerprint density at radius 3 is 2.71 bits per heavy atom. The van der Waals surface area contributed by atoms with Gasteiger partial charge in [-0.25, -0.2) is 0 Å². The van der Waals surface area contributed by atoms with Crippen LogP contribution in [-0.4, -0.2) is 23.7 Å². The highest BCUT2D eigenvalue weighted by Crippen LogP contribution is 2.31. The molecular formula is C18H23NO2. The van der Waals surface area contributed by atoms with Gasteiger partial charge in [0.15, 0.2) is 0 Å². The Balaban J connectivity index is 2.08. The highest BCUT2D eigenvalue weighted by Gasteiger charge is 2.30. The second-order valence-electron chi connectivity index (χ2n) is 5.98. The lowest BCUT2D eigenvalue weighted by molar-refractivity contribution is 0.0927. The molecule has 0 saturated heterocycles. The average Bonchev–Trinajstić information content (AvgIpc) is 2.78. The fourth-order valence-corrected chi connectivity index (χ4v) is 2.90. The van der Waals surface area contributed by atoms with Gasteiger partial charge >= 0.3 is 0 Å². The van der Waals surface area contributed by atoms with E-state index in [1.165, 1.54) is 6.42 Å². The zero-order valence-corrected chi connectivity index (χ0v) is 12.9. The molecule has 0 heterocycles. The Morgan fingerprint density at radius 2 is 2.14 bits per heavy atom. The Bertz CT molecular complexity index is 583. The topological polar surface area (TPSA) is 49.3 Å². The second-order valence-corrected chi connectivity index (χ2v) is 5.98. The highest BCUT2D eigenvalue weighted by molar-refractivity contribution is 5.94. The first-order valence-corrected chi connectivity index (χ1v) is 7.54. The van der Waals surface area contributed by atoms with E-state index in [0.717, 1.165) is 17.5 Å². The number of hydrogen-bond donors (Lipinski definition) is 2. The first kappa shape index (κ1) is 15.6. The van der Waals surface area contributed by atoms with Crippen molar-refractivity contribution in [3.05, 3.63) is 34.9 Å². The minimum Gasteiger partial charge on any atom is -0.384 e. The Morgan fingerprint density at radius 1 is 1.38 bits per heavy atom. The minimum absolute atomic E-state index is 0.00860. The first-order valence-electron chi connectivity index (χ1n) is 7.54. The molecule has 0 aliphatic heterocycles. The van der Waals surface area contributed by atoms with Crippen LogP contribution in [0.5, 0.6) is 0 Å². The lowest BCUT2D eigenvalue weighted by atomic mass is 9.97. The summed E-state index contributed by atoms with van der Waals surface area (Å²) in [7, 11) is 0. The molecule has 1 amide bonds. The van der Waals surface area contributed by atoms with Gasteiger partial charge in [0.25, 0.3) is 5.91 Å². The van der Waals surface area contributed by atoms with Crippen molar-refractivity contribution in [2.45, 2.75) is 39.7 Å². The molecule has 1 fully saturated rings. The van der Waals surface area contributed by atoms with Crippen LogP contribution >= 0.6 is 0 Å². The summed E-state index contributed by atoms with van der Waals surface area (Å²) in [4.78, 5) is 12.3. The molecule has 3 atom stereocenters. The lowest BCUT2D eigenvalue weighted by Crippen LogP contribution is -2.37. The monoisotopic (exact) mass is 285 g/mol. The second kappa shape index (κ2) is 6.78. The molecule has 1 aromatic carbocycles. The van der Waals surface area contributed by atoms with Crippen molar-refractivity contribution >= 4 is 5.91 Å². The molecule has 1 saturated carbocycles. The van der Waals surface area contributed by atoms with E-state index in [-0.39, 0.29) is 18.6 Å². The number of nitrogens with one attached hydrogen (secondary N) is 1. The molecule has 3 heteroatoms. The predicted octanol–water partition coefficient (Wildman–Crippen LogP) is 2.50. The van der Waals surface area contributed by atoms with Gasteiger partial charge in [-0.3, -0.25) is 4.79 Å². The third-order valence-electron chi connectivity index (χ3n) is 4.57. The molecule has 21 heavy (non-hydrogen) atoms. The van der Waals surface area contributed by atoms with Crippen LogP contribution in [-0.2, 0) is 0 Å². The summed E-state index contributed by atoms with van der Waals surface area (Å²) in [6.07, 6.45) is 2.24. The molecular weight excluding hydrogens is 262 g/mol. The van der Waals surface area contributed by atoms with Gasteiger partial charge in [0.2, 0.25) is 0 Å². The van der Waals surface area contributed by atoms with Crippen molar-refractivity contribution in [3.63, 3.8) is 0 Å². The van der Waals surface area contributed by atoms with Crippen molar-refractivity contribution in [1.82, 2.24) is 5.32 Å². The Labute approximate surface area is 126 Å². The van der Waals surface area contributed by atoms with Gasteiger partial charge in [0, 0.05) is 17.2 Å². The van der Waals surface area contributed by atoms with Crippen LogP contribution in [0.4, 0.5) is 0 Å². The lowest BCUT2D eigenvalue weighted by Gasteiger charge is -2.19. The summed E-state index contributed by atoms with van der Waals surface area (Å²) in [6, 6.07) is 5.78. The van der Waals surface area contributed by atoms with Gasteiger partial charge < -0.3 is 10.4 Å². The Hall–Kier alpha value is -1.79. The van der Waals surface area contributed by atoms with E-state index >= 15 is 0 Å². The van der Waals surface area contributed by atoms with Gasteiger partial charge in [0.1, 0.15) is 6.61 Å². The smallest absolute Gasteiger partial charge is 0.251 e. The Kier molecular flexibility index (Phi) is 5.03. The number of hydrogen-bond acceptors (Lipinski definition) is 2. The number of carbonyl (C=O) groups excluding carboxylic acids is 1.